The Hall–Kier alpha value is -1.20. The molecule has 0 aromatic carbocycles. The summed E-state index contributed by atoms with van der Waals surface area (Å²) in [7, 11) is 0. The quantitative estimate of drug-likeness (QED) is 0.769. The van der Waals surface area contributed by atoms with Crippen LogP contribution in [-0.4, -0.2) is 28.1 Å². The summed E-state index contributed by atoms with van der Waals surface area (Å²) < 4.78 is 5.30. The molecule has 4 nitrogen and oxygen atoms in total. The molecule has 0 spiro atoms. The molecular formula is C13H19N3OS. The lowest BCUT2D eigenvalue weighted by Gasteiger charge is -2.17. The maximum Gasteiger partial charge on any atom is 0.241 e. The third-order valence-corrected chi connectivity index (χ3v) is 3.71. The number of unbranched alkanes of at least 4 members (excludes halogenated alkanes) is 1. The van der Waals surface area contributed by atoms with Crippen molar-refractivity contribution in [1.82, 2.24) is 15.0 Å². The molecule has 0 radical (unpaired) electrons. The van der Waals surface area contributed by atoms with Crippen LogP contribution in [0.1, 0.15) is 32.6 Å². The molecule has 0 saturated carbocycles. The minimum atomic E-state index is 0.701. The maximum absolute atomic E-state index is 5.30. The van der Waals surface area contributed by atoms with Crippen molar-refractivity contribution in [2.45, 2.75) is 33.2 Å². The van der Waals surface area contributed by atoms with Crippen LogP contribution in [0.2, 0.25) is 0 Å². The van der Waals surface area contributed by atoms with Crippen molar-refractivity contribution >= 4 is 11.3 Å². The molecule has 0 saturated heterocycles. The van der Waals surface area contributed by atoms with Gasteiger partial charge in [0.05, 0.1) is 11.4 Å². The van der Waals surface area contributed by atoms with Crippen LogP contribution in [0, 0.1) is 0 Å². The van der Waals surface area contributed by atoms with Crippen molar-refractivity contribution in [3.63, 3.8) is 0 Å². The highest BCUT2D eigenvalue weighted by molar-refractivity contribution is 7.13. The Kier molecular flexibility index (Phi) is 4.90. The van der Waals surface area contributed by atoms with E-state index in [1.165, 1.54) is 12.8 Å². The van der Waals surface area contributed by atoms with Gasteiger partial charge in [-0.1, -0.05) is 31.5 Å². The Labute approximate surface area is 112 Å². The molecule has 0 N–H and O–H groups in total. The van der Waals surface area contributed by atoms with Gasteiger partial charge in [0.25, 0.3) is 0 Å². The smallest absolute Gasteiger partial charge is 0.241 e. The summed E-state index contributed by atoms with van der Waals surface area (Å²) in [6.07, 6.45) is 2.42. The molecule has 0 unspecified atom stereocenters. The molecule has 0 fully saturated rings. The topological polar surface area (TPSA) is 42.2 Å². The number of hydrogen-bond acceptors (Lipinski definition) is 5. The zero-order valence-corrected chi connectivity index (χ0v) is 11.7. The van der Waals surface area contributed by atoms with Crippen LogP contribution in [0.3, 0.4) is 0 Å². The van der Waals surface area contributed by atoms with Crippen LogP contribution in [0.15, 0.2) is 22.0 Å². The molecule has 5 heteroatoms. The summed E-state index contributed by atoms with van der Waals surface area (Å²) in [6, 6.07) is 4.00. The van der Waals surface area contributed by atoms with Crippen LogP contribution < -0.4 is 0 Å². The zero-order valence-electron chi connectivity index (χ0n) is 10.9. The van der Waals surface area contributed by atoms with Gasteiger partial charge in [0.15, 0.2) is 0 Å². The van der Waals surface area contributed by atoms with Crippen molar-refractivity contribution in [3.05, 3.63) is 23.4 Å². The fourth-order valence-electron chi connectivity index (χ4n) is 1.75. The summed E-state index contributed by atoms with van der Waals surface area (Å²) in [6.45, 7) is 7.21. The Balaban J connectivity index is 1.97. The third kappa shape index (κ3) is 3.40. The SMILES string of the molecule is CCCCN(CC)Cc1nc(-c2cccs2)no1. The highest BCUT2D eigenvalue weighted by atomic mass is 32.1. The van der Waals surface area contributed by atoms with Gasteiger partial charge in [-0.15, -0.1) is 11.3 Å². The van der Waals surface area contributed by atoms with Gasteiger partial charge in [0.1, 0.15) is 0 Å². The van der Waals surface area contributed by atoms with Crippen molar-refractivity contribution in [2.75, 3.05) is 13.1 Å². The number of hydrogen-bond donors (Lipinski definition) is 0. The monoisotopic (exact) mass is 265 g/mol. The summed E-state index contributed by atoms with van der Waals surface area (Å²) in [5.74, 6) is 1.41. The van der Waals surface area contributed by atoms with Gasteiger partial charge in [0, 0.05) is 0 Å². The number of aromatic nitrogens is 2. The number of nitrogens with zero attached hydrogens (tertiary/aromatic N) is 3. The molecule has 2 aromatic heterocycles. The molecule has 18 heavy (non-hydrogen) atoms. The largest absolute Gasteiger partial charge is 0.338 e. The molecule has 2 heterocycles. The van der Waals surface area contributed by atoms with Gasteiger partial charge in [-0.2, -0.15) is 4.98 Å². The van der Waals surface area contributed by atoms with E-state index in [0.717, 1.165) is 24.5 Å². The van der Waals surface area contributed by atoms with E-state index in [1.807, 2.05) is 17.5 Å². The van der Waals surface area contributed by atoms with Crippen LogP contribution in [0.5, 0.6) is 0 Å². The van der Waals surface area contributed by atoms with Crippen LogP contribution in [0.25, 0.3) is 10.7 Å². The Bertz CT molecular complexity index is 453. The first kappa shape index (κ1) is 13.2. The lowest BCUT2D eigenvalue weighted by molar-refractivity contribution is 0.233. The normalized spacial score (nSPS) is 11.3. The average Bonchev–Trinajstić information content (AvgIpc) is 3.04. The highest BCUT2D eigenvalue weighted by Crippen LogP contribution is 2.21. The highest BCUT2D eigenvalue weighted by Gasteiger charge is 2.12. The predicted octanol–water partition coefficient (Wildman–Crippen LogP) is 3.42. The molecule has 0 aliphatic rings. The van der Waals surface area contributed by atoms with Crippen LogP contribution >= 0.6 is 11.3 Å². The maximum atomic E-state index is 5.30. The first-order valence-corrected chi connectivity index (χ1v) is 7.30. The second kappa shape index (κ2) is 6.66. The van der Waals surface area contributed by atoms with E-state index >= 15 is 0 Å². The molecule has 0 aliphatic heterocycles. The van der Waals surface area contributed by atoms with Gasteiger partial charge in [-0.25, -0.2) is 0 Å². The number of rotatable bonds is 7. The van der Waals surface area contributed by atoms with Gasteiger partial charge >= 0.3 is 0 Å². The fraction of sp³-hybridized carbons (Fsp3) is 0.538. The molecular weight excluding hydrogens is 246 g/mol. The molecule has 0 aliphatic carbocycles. The van der Waals surface area contributed by atoms with E-state index < -0.39 is 0 Å². The van der Waals surface area contributed by atoms with E-state index in [-0.39, 0.29) is 0 Å². The van der Waals surface area contributed by atoms with Crippen molar-refractivity contribution in [1.29, 1.82) is 0 Å². The minimum Gasteiger partial charge on any atom is -0.338 e. The van der Waals surface area contributed by atoms with Crippen molar-refractivity contribution in [3.8, 4) is 10.7 Å². The standard InChI is InChI=1S/C13H19N3OS/c1-3-5-8-16(4-2)10-12-14-13(15-17-12)11-7-6-9-18-11/h6-7,9H,3-5,8,10H2,1-2H3. The van der Waals surface area contributed by atoms with E-state index in [9.17, 15) is 0 Å². The van der Waals surface area contributed by atoms with Gasteiger partial charge in [-0.05, 0) is 31.0 Å². The molecule has 0 atom stereocenters. The average molecular weight is 265 g/mol. The van der Waals surface area contributed by atoms with E-state index in [0.29, 0.717) is 11.7 Å². The van der Waals surface area contributed by atoms with Crippen molar-refractivity contribution in [2.24, 2.45) is 0 Å². The third-order valence-electron chi connectivity index (χ3n) is 2.84. The molecule has 98 valence electrons. The van der Waals surface area contributed by atoms with Crippen molar-refractivity contribution < 1.29 is 4.52 Å². The fourth-order valence-corrected chi connectivity index (χ4v) is 2.40. The molecule has 2 aromatic rings. The molecule has 2 rings (SSSR count). The van der Waals surface area contributed by atoms with E-state index in [2.05, 4.69) is 28.9 Å². The summed E-state index contributed by atoms with van der Waals surface area (Å²) >= 11 is 1.63. The van der Waals surface area contributed by atoms with Crippen LogP contribution in [-0.2, 0) is 6.54 Å². The lowest BCUT2D eigenvalue weighted by Crippen LogP contribution is -2.24. The summed E-state index contributed by atoms with van der Waals surface area (Å²) in [4.78, 5) is 7.83. The minimum absolute atomic E-state index is 0.701. The Morgan fingerprint density at radius 2 is 2.28 bits per heavy atom. The lowest BCUT2D eigenvalue weighted by atomic mass is 10.3. The predicted molar refractivity (Wildman–Crippen MR) is 73.5 cm³/mol. The second-order valence-corrected chi connectivity index (χ2v) is 5.16. The first-order chi connectivity index (χ1) is 8.83. The Morgan fingerprint density at radius 3 is 2.94 bits per heavy atom. The summed E-state index contributed by atoms with van der Waals surface area (Å²) in [5.41, 5.74) is 0. The van der Waals surface area contributed by atoms with Crippen LogP contribution in [0.4, 0.5) is 0 Å². The Morgan fingerprint density at radius 1 is 1.39 bits per heavy atom. The molecule has 0 amide bonds. The van der Waals surface area contributed by atoms with Gasteiger partial charge in [0.2, 0.25) is 11.7 Å². The second-order valence-electron chi connectivity index (χ2n) is 4.21. The molecule has 0 bridgehead atoms. The van der Waals surface area contributed by atoms with E-state index in [1.54, 1.807) is 11.3 Å². The van der Waals surface area contributed by atoms with E-state index in [4.69, 9.17) is 4.52 Å². The summed E-state index contributed by atoms with van der Waals surface area (Å²) in [5, 5.41) is 6.04. The van der Waals surface area contributed by atoms with Gasteiger partial charge in [-0.3, -0.25) is 4.90 Å². The first-order valence-electron chi connectivity index (χ1n) is 6.42. The zero-order chi connectivity index (χ0) is 12.8. The number of thiophene rings is 1. The van der Waals surface area contributed by atoms with Gasteiger partial charge < -0.3 is 4.52 Å².